The van der Waals surface area contributed by atoms with Gasteiger partial charge in [-0.2, -0.15) is 13.2 Å². The van der Waals surface area contributed by atoms with Gasteiger partial charge < -0.3 is 15.5 Å². The largest absolute Gasteiger partial charge is 0.417 e. The molecule has 35 heavy (non-hydrogen) atoms. The lowest BCUT2D eigenvalue weighted by Crippen LogP contribution is -2.46. The van der Waals surface area contributed by atoms with Crippen molar-refractivity contribution in [2.75, 3.05) is 32.0 Å². The number of carbonyl (C=O) groups excluding carboxylic acids is 1. The number of fused-ring (bicyclic) bond motifs is 1. The highest BCUT2D eigenvalue weighted by Gasteiger charge is 2.38. The summed E-state index contributed by atoms with van der Waals surface area (Å²) in [6.45, 7) is 6.52. The molecule has 2 aliphatic rings. The minimum Gasteiger partial charge on any atom is -0.379 e. The van der Waals surface area contributed by atoms with Crippen LogP contribution >= 0.6 is 0 Å². The van der Waals surface area contributed by atoms with E-state index in [1.165, 1.54) is 0 Å². The Bertz CT molecular complexity index is 1150. The van der Waals surface area contributed by atoms with Crippen molar-refractivity contribution in [2.24, 2.45) is 11.8 Å². The fourth-order valence-corrected chi connectivity index (χ4v) is 4.45. The molecule has 1 amide bonds. The predicted molar refractivity (Wildman–Crippen MR) is 131 cm³/mol. The lowest BCUT2D eigenvalue weighted by atomic mass is 9.99. The molecule has 188 valence electrons. The van der Waals surface area contributed by atoms with E-state index in [0.717, 1.165) is 13.0 Å². The lowest BCUT2D eigenvalue weighted by Gasteiger charge is -2.33. The van der Waals surface area contributed by atoms with Crippen LogP contribution in [0.5, 0.6) is 0 Å². The number of nitrogens with zero attached hydrogens (tertiary/aromatic N) is 2. The molecule has 1 aliphatic heterocycles. The Morgan fingerprint density at radius 3 is 2.71 bits per heavy atom. The highest BCUT2D eigenvalue weighted by molar-refractivity contribution is 6.00. The van der Waals surface area contributed by atoms with Crippen molar-refractivity contribution in [3.63, 3.8) is 0 Å². The SMILES string of the molecule is C=C(c1nc(/C=C/CNC(=O)C2C[C@@H]2C)cc2c(N[C@@H]3CCN(C)C[C@@H]3F)cccc12)C(F)(F)F. The molecule has 2 N–H and O–H groups in total. The topological polar surface area (TPSA) is 57.3 Å². The van der Waals surface area contributed by atoms with Gasteiger partial charge in [0.15, 0.2) is 0 Å². The Balaban J connectivity index is 1.64. The van der Waals surface area contributed by atoms with Gasteiger partial charge in [-0.05, 0) is 44.0 Å². The second-order valence-electron chi connectivity index (χ2n) is 9.56. The van der Waals surface area contributed by atoms with Crippen LogP contribution in [0.15, 0.2) is 36.9 Å². The number of anilines is 1. The van der Waals surface area contributed by atoms with Crippen LogP contribution in [0, 0.1) is 11.8 Å². The number of alkyl halides is 4. The molecule has 1 saturated heterocycles. The predicted octanol–water partition coefficient (Wildman–Crippen LogP) is 5.05. The monoisotopic (exact) mass is 490 g/mol. The number of rotatable bonds is 7. The number of carbonyl (C=O) groups is 1. The first-order valence-electron chi connectivity index (χ1n) is 11.8. The number of piperidine rings is 1. The number of halogens is 4. The summed E-state index contributed by atoms with van der Waals surface area (Å²) in [7, 11) is 1.85. The van der Waals surface area contributed by atoms with Crippen molar-refractivity contribution < 1.29 is 22.4 Å². The van der Waals surface area contributed by atoms with Crippen molar-refractivity contribution in [3.05, 3.63) is 48.3 Å². The number of aromatic nitrogens is 1. The number of allylic oxidation sites excluding steroid dienone is 1. The molecule has 2 fully saturated rings. The molecular weight excluding hydrogens is 460 g/mol. The maximum atomic E-state index is 14.7. The highest BCUT2D eigenvalue weighted by Crippen LogP contribution is 2.38. The number of pyridine rings is 1. The summed E-state index contributed by atoms with van der Waals surface area (Å²) in [4.78, 5) is 18.1. The maximum absolute atomic E-state index is 14.7. The van der Waals surface area contributed by atoms with E-state index in [1.807, 2.05) is 18.9 Å². The fourth-order valence-electron chi connectivity index (χ4n) is 4.45. The van der Waals surface area contributed by atoms with Crippen molar-refractivity contribution in [3.8, 4) is 0 Å². The van der Waals surface area contributed by atoms with Gasteiger partial charge in [0, 0.05) is 42.0 Å². The Labute approximate surface area is 202 Å². The van der Waals surface area contributed by atoms with Crippen LogP contribution in [-0.2, 0) is 4.79 Å². The standard InChI is InChI=1S/C26H30F4N4O/c1-15-12-19(15)25(35)31-10-5-6-17-13-20-18(24(32-17)16(2)26(28,29)30)7-4-8-22(20)33-23-9-11-34(3)14-21(23)27/h4-8,13,15,19,21,23,33H,2,9-12,14H2,1,3H3,(H,31,35)/b6-5+/t15-,19?,21-,23+/m0/s1. The summed E-state index contributed by atoms with van der Waals surface area (Å²) in [5.74, 6) is 0.401. The molecule has 1 aliphatic carbocycles. The first kappa shape index (κ1) is 25.2. The molecule has 0 spiro atoms. The zero-order valence-electron chi connectivity index (χ0n) is 19.8. The van der Waals surface area contributed by atoms with E-state index in [2.05, 4.69) is 22.2 Å². The van der Waals surface area contributed by atoms with E-state index >= 15 is 0 Å². The molecule has 4 atom stereocenters. The molecule has 0 radical (unpaired) electrons. The molecule has 0 bridgehead atoms. The lowest BCUT2D eigenvalue weighted by molar-refractivity contribution is -0.122. The number of amides is 1. The average Bonchev–Trinajstić information content (AvgIpc) is 3.53. The van der Waals surface area contributed by atoms with Crippen molar-refractivity contribution in [1.82, 2.24) is 15.2 Å². The van der Waals surface area contributed by atoms with Crippen LogP contribution in [0.1, 0.15) is 31.2 Å². The van der Waals surface area contributed by atoms with Gasteiger partial charge in [-0.1, -0.05) is 31.7 Å². The summed E-state index contributed by atoms with van der Waals surface area (Å²) >= 11 is 0. The molecule has 2 heterocycles. The molecule has 1 unspecified atom stereocenters. The average molecular weight is 491 g/mol. The minimum absolute atomic E-state index is 0.0230. The first-order chi connectivity index (χ1) is 16.5. The molecule has 2 aromatic rings. The van der Waals surface area contributed by atoms with Gasteiger partial charge in [-0.3, -0.25) is 4.79 Å². The smallest absolute Gasteiger partial charge is 0.379 e. The normalized spacial score (nSPS) is 25.1. The Morgan fingerprint density at radius 2 is 2.06 bits per heavy atom. The van der Waals surface area contributed by atoms with Gasteiger partial charge >= 0.3 is 6.18 Å². The zero-order valence-corrected chi connectivity index (χ0v) is 19.8. The van der Waals surface area contributed by atoms with Crippen molar-refractivity contribution >= 4 is 34.0 Å². The maximum Gasteiger partial charge on any atom is 0.417 e. The number of hydrogen-bond acceptors (Lipinski definition) is 4. The molecule has 1 saturated carbocycles. The summed E-state index contributed by atoms with van der Waals surface area (Å²) in [5.41, 5.74) is -0.478. The van der Waals surface area contributed by atoms with Crippen LogP contribution in [0.3, 0.4) is 0 Å². The van der Waals surface area contributed by atoms with Crippen LogP contribution in [0.4, 0.5) is 23.2 Å². The van der Waals surface area contributed by atoms with Gasteiger partial charge in [0.2, 0.25) is 5.91 Å². The molecule has 1 aromatic carbocycles. The van der Waals surface area contributed by atoms with Crippen LogP contribution in [-0.4, -0.2) is 60.9 Å². The Kier molecular flexibility index (Phi) is 7.17. The van der Waals surface area contributed by atoms with Crippen LogP contribution in [0.2, 0.25) is 0 Å². The Morgan fingerprint density at radius 1 is 1.31 bits per heavy atom. The minimum atomic E-state index is -4.65. The van der Waals surface area contributed by atoms with E-state index in [9.17, 15) is 22.4 Å². The van der Waals surface area contributed by atoms with Gasteiger partial charge in [0.1, 0.15) is 6.17 Å². The van der Waals surface area contributed by atoms with E-state index in [1.54, 1.807) is 36.4 Å². The van der Waals surface area contributed by atoms with Crippen LogP contribution in [0.25, 0.3) is 22.4 Å². The third-order valence-corrected chi connectivity index (χ3v) is 6.74. The number of benzene rings is 1. The van der Waals surface area contributed by atoms with Crippen molar-refractivity contribution in [2.45, 2.75) is 38.2 Å². The van der Waals surface area contributed by atoms with Crippen molar-refractivity contribution in [1.29, 1.82) is 0 Å². The molecule has 9 heteroatoms. The summed E-state index contributed by atoms with van der Waals surface area (Å²) in [6.07, 6.45) is -1.08. The van der Waals surface area contributed by atoms with Gasteiger partial charge in [-0.25, -0.2) is 9.37 Å². The summed E-state index contributed by atoms with van der Waals surface area (Å²) in [6, 6.07) is 6.15. The number of hydrogen-bond donors (Lipinski definition) is 2. The molecule has 5 nitrogen and oxygen atoms in total. The second kappa shape index (κ2) is 9.97. The fraction of sp³-hybridized carbons (Fsp3) is 0.462. The molecular formula is C26H30F4N4O. The second-order valence-corrected chi connectivity index (χ2v) is 9.56. The molecule has 4 rings (SSSR count). The summed E-state index contributed by atoms with van der Waals surface area (Å²) < 4.78 is 55.4. The van der Waals surface area contributed by atoms with Crippen LogP contribution < -0.4 is 10.6 Å². The first-order valence-corrected chi connectivity index (χ1v) is 11.8. The number of likely N-dealkylation sites (tertiary alicyclic amines) is 1. The quantitative estimate of drug-likeness (QED) is 0.534. The zero-order chi connectivity index (χ0) is 25.3. The van der Waals surface area contributed by atoms with E-state index in [0.29, 0.717) is 35.7 Å². The third-order valence-electron chi connectivity index (χ3n) is 6.74. The Hall–Kier alpha value is -2.94. The van der Waals surface area contributed by atoms with Gasteiger partial charge in [0.25, 0.3) is 0 Å². The van der Waals surface area contributed by atoms with E-state index < -0.39 is 24.0 Å². The van der Waals surface area contributed by atoms with Gasteiger partial charge in [0.05, 0.1) is 23.0 Å². The van der Waals surface area contributed by atoms with E-state index in [-0.39, 0.29) is 29.4 Å². The third kappa shape index (κ3) is 5.83. The number of nitrogens with one attached hydrogen (secondary N) is 2. The highest BCUT2D eigenvalue weighted by atomic mass is 19.4. The van der Waals surface area contributed by atoms with Gasteiger partial charge in [-0.15, -0.1) is 0 Å². The summed E-state index contributed by atoms with van der Waals surface area (Å²) in [5, 5.41) is 6.81. The van der Waals surface area contributed by atoms with E-state index in [4.69, 9.17) is 0 Å². The molecule has 1 aromatic heterocycles.